The Morgan fingerprint density at radius 3 is 2.62 bits per heavy atom. The molecule has 0 saturated carbocycles. The fourth-order valence-electron chi connectivity index (χ4n) is 1.95. The second kappa shape index (κ2) is 8.44. The van der Waals surface area contributed by atoms with Crippen LogP contribution in [-0.4, -0.2) is 33.6 Å². The molecule has 0 saturated heterocycles. The van der Waals surface area contributed by atoms with E-state index < -0.39 is 0 Å². The van der Waals surface area contributed by atoms with E-state index in [2.05, 4.69) is 20.6 Å². The molecular formula is C17H20N4O2S. The van der Waals surface area contributed by atoms with E-state index in [4.69, 9.17) is 0 Å². The Morgan fingerprint density at radius 1 is 1.25 bits per heavy atom. The van der Waals surface area contributed by atoms with Crippen LogP contribution in [0.3, 0.4) is 0 Å². The van der Waals surface area contributed by atoms with Crippen molar-refractivity contribution in [2.75, 3.05) is 11.9 Å². The van der Waals surface area contributed by atoms with Gasteiger partial charge in [-0.05, 0) is 44.5 Å². The van der Waals surface area contributed by atoms with Gasteiger partial charge in [0, 0.05) is 30.2 Å². The number of thioether (sulfide) groups is 1. The average Bonchev–Trinajstić information content (AvgIpc) is 2.57. The zero-order valence-electron chi connectivity index (χ0n) is 13.9. The molecule has 2 amide bonds. The summed E-state index contributed by atoms with van der Waals surface area (Å²) in [5.74, 6) is -0.322. The van der Waals surface area contributed by atoms with Crippen LogP contribution in [0.25, 0.3) is 0 Å². The van der Waals surface area contributed by atoms with Gasteiger partial charge >= 0.3 is 0 Å². The molecule has 0 bridgehead atoms. The number of rotatable bonds is 6. The third-order valence-electron chi connectivity index (χ3n) is 3.29. The highest BCUT2D eigenvalue weighted by molar-refractivity contribution is 8.00. The molecule has 2 N–H and O–H groups in total. The topological polar surface area (TPSA) is 84.0 Å². The molecule has 2 rings (SSSR count). The lowest BCUT2D eigenvalue weighted by Crippen LogP contribution is -2.25. The van der Waals surface area contributed by atoms with Gasteiger partial charge in [-0.1, -0.05) is 17.8 Å². The average molecular weight is 344 g/mol. The lowest BCUT2D eigenvalue weighted by Gasteiger charge is -2.14. The van der Waals surface area contributed by atoms with Crippen molar-refractivity contribution < 1.29 is 9.59 Å². The maximum Gasteiger partial charge on any atom is 0.251 e. The number of carbonyl (C=O) groups excluding carboxylic acids is 2. The highest BCUT2D eigenvalue weighted by atomic mass is 32.2. The molecule has 6 nitrogen and oxygen atoms in total. The van der Waals surface area contributed by atoms with E-state index in [1.807, 2.05) is 19.9 Å². The van der Waals surface area contributed by atoms with Gasteiger partial charge in [0.05, 0.1) is 5.25 Å². The normalized spacial score (nSPS) is 11.6. The number of amides is 2. The quantitative estimate of drug-likeness (QED) is 0.622. The van der Waals surface area contributed by atoms with E-state index in [1.54, 1.807) is 37.5 Å². The number of nitrogens with one attached hydrogen (secondary N) is 2. The van der Waals surface area contributed by atoms with Gasteiger partial charge < -0.3 is 10.6 Å². The summed E-state index contributed by atoms with van der Waals surface area (Å²) >= 11 is 1.28. The standard InChI is InChI=1S/C17H20N4O2S/c1-4-18-16(23)13-7-6-11(2)14(10-13)21-15(22)12(3)24-17-19-8-5-9-20-17/h5-10,12H,4H2,1-3H3,(H,18,23)(H,21,22). The van der Waals surface area contributed by atoms with Crippen molar-refractivity contribution in [3.05, 3.63) is 47.8 Å². The minimum Gasteiger partial charge on any atom is -0.352 e. The molecule has 0 aliphatic rings. The van der Waals surface area contributed by atoms with Gasteiger partial charge in [0.25, 0.3) is 5.91 Å². The van der Waals surface area contributed by atoms with Crippen molar-refractivity contribution in [2.45, 2.75) is 31.2 Å². The van der Waals surface area contributed by atoms with Crippen molar-refractivity contribution in [3.63, 3.8) is 0 Å². The number of carbonyl (C=O) groups is 2. The molecule has 1 atom stereocenters. The van der Waals surface area contributed by atoms with Crippen molar-refractivity contribution in [1.82, 2.24) is 15.3 Å². The maximum absolute atomic E-state index is 12.4. The lowest BCUT2D eigenvalue weighted by molar-refractivity contribution is -0.115. The van der Waals surface area contributed by atoms with Crippen LogP contribution in [0.4, 0.5) is 5.69 Å². The number of hydrogen-bond acceptors (Lipinski definition) is 5. The SMILES string of the molecule is CCNC(=O)c1ccc(C)c(NC(=O)C(C)Sc2ncccn2)c1. The van der Waals surface area contributed by atoms with Gasteiger partial charge in [-0.3, -0.25) is 9.59 Å². The summed E-state index contributed by atoms with van der Waals surface area (Å²) in [5.41, 5.74) is 2.04. The summed E-state index contributed by atoms with van der Waals surface area (Å²) in [7, 11) is 0. The van der Waals surface area contributed by atoms with E-state index in [0.29, 0.717) is 23.0 Å². The van der Waals surface area contributed by atoms with E-state index >= 15 is 0 Å². The second-order valence-electron chi connectivity index (χ2n) is 5.17. The maximum atomic E-state index is 12.4. The van der Waals surface area contributed by atoms with Crippen LogP contribution in [-0.2, 0) is 4.79 Å². The van der Waals surface area contributed by atoms with Gasteiger partial charge in [0.15, 0.2) is 5.16 Å². The third kappa shape index (κ3) is 4.79. The Morgan fingerprint density at radius 2 is 1.96 bits per heavy atom. The number of nitrogens with zero attached hydrogens (tertiary/aromatic N) is 2. The fourth-order valence-corrected chi connectivity index (χ4v) is 2.68. The Balaban J connectivity index is 2.07. The fraction of sp³-hybridized carbons (Fsp3) is 0.294. The van der Waals surface area contributed by atoms with E-state index in [1.165, 1.54) is 11.8 Å². The summed E-state index contributed by atoms with van der Waals surface area (Å²) in [6.07, 6.45) is 3.28. The highest BCUT2D eigenvalue weighted by Gasteiger charge is 2.17. The molecule has 1 unspecified atom stereocenters. The summed E-state index contributed by atoms with van der Waals surface area (Å²) in [5, 5.41) is 5.81. The molecule has 0 aliphatic heterocycles. The summed E-state index contributed by atoms with van der Waals surface area (Å²) < 4.78 is 0. The molecule has 7 heteroatoms. The summed E-state index contributed by atoms with van der Waals surface area (Å²) in [6.45, 7) is 6.09. The van der Waals surface area contributed by atoms with Gasteiger partial charge in [-0.15, -0.1) is 0 Å². The summed E-state index contributed by atoms with van der Waals surface area (Å²) in [6, 6.07) is 6.98. The number of benzene rings is 1. The molecule has 2 aromatic rings. The van der Waals surface area contributed by atoms with Crippen molar-refractivity contribution >= 4 is 29.3 Å². The minimum absolute atomic E-state index is 0.159. The first-order chi connectivity index (χ1) is 11.5. The van der Waals surface area contributed by atoms with Crippen LogP contribution in [0.1, 0.15) is 29.8 Å². The second-order valence-corrected chi connectivity index (χ2v) is 6.48. The van der Waals surface area contributed by atoms with Crippen molar-refractivity contribution in [3.8, 4) is 0 Å². The number of hydrogen-bond donors (Lipinski definition) is 2. The smallest absolute Gasteiger partial charge is 0.251 e. The first kappa shape index (κ1) is 17.9. The molecule has 126 valence electrons. The minimum atomic E-state index is -0.361. The molecule has 1 heterocycles. The third-order valence-corrected chi connectivity index (χ3v) is 4.28. The van der Waals surface area contributed by atoms with Crippen LogP contribution in [0.2, 0.25) is 0 Å². The predicted molar refractivity (Wildman–Crippen MR) is 95.2 cm³/mol. The van der Waals surface area contributed by atoms with E-state index in [-0.39, 0.29) is 17.1 Å². The van der Waals surface area contributed by atoms with Crippen molar-refractivity contribution in [2.24, 2.45) is 0 Å². The monoisotopic (exact) mass is 344 g/mol. The van der Waals surface area contributed by atoms with Crippen LogP contribution >= 0.6 is 11.8 Å². The molecular weight excluding hydrogens is 324 g/mol. The lowest BCUT2D eigenvalue weighted by atomic mass is 10.1. The van der Waals surface area contributed by atoms with E-state index in [0.717, 1.165) is 5.56 Å². The Hall–Kier alpha value is -2.41. The number of anilines is 1. The zero-order valence-corrected chi connectivity index (χ0v) is 14.7. The molecule has 0 fully saturated rings. The first-order valence-electron chi connectivity index (χ1n) is 7.64. The van der Waals surface area contributed by atoms with Gasteiger partial charge in [-0.25, -0.2) is 9.97 Å². The Bertz CT molecular complexity index is 722. The molecule has 0 spiro atoms. The molecule has 1 aromatic heterocycles. The number of aromatic nitrogens is 2. The van der Waals surface area contributed by atoms with Crippen LogP contribution in [0, 0.1) is 6.92 Å². The van der Waals surface area contributed by atoms with Crippen molar-refractivity contribution in [1.29, 1.82) is 0 Å². The van der Waals surface area contributed by atoms with Crippen LogP contribution < -0.4 is 10.6 Å². The number of aryl methyl sites for hydroxylation is 1. The highest BCUT2D eigenvalue weighted by Crippen LogP contribution is 2.22. The van der Waals surface area contributed by atoms with Crippen LogP contribution in [0.5, 0.6) is 0 Å². The van der Waals surface area contributed by atoms with Crippen LogP contribution in [0.15, 0.2) is 41.8 Å². The Labute approximate surface area is 145 Å². The molecule has 0 aliphatic carbocycles. The molecule has 24 heavy (non-hydrogen) atoms. The Kier molecular flexibility index (Phi) is 6.31. The largest absolute Gasteiger partial charge is 0.352 e. The van der Waals surface area contributed by atoms with Gasteiger partial charge in [-0.2, -0.15) is 0 Å². The zero-order chi connectivity index (χ0) is 17.5. The predicted octanol–water partition coefficient (Wildman–Crippen LogP) is 2.65. The molecule has 1 aromatic carbocycles. The van der Waals surface area contributed by atoms with Gasteiger partial charge in [0.1, 0.15) is 0 Å². The first-order valence-corrected chi connectivity index (χ1v) is 8.52. The van der Waals surface area contributed by atoms with E-state index in [9.17, 15) is 9.59 Å². The van der Waals surface area contributed by atoms with Gasteiger partial charge in [0.2, 0.25) is 5.91 Å². The molecule has 0 radical (unpaired) electrons. The summed E-state index contributed by atoms with van der Waals surface area (Å²) in [4.78, 5) is 32.5.